The van der Waals surface area contributed by atoms with Crippen molar-refractivity contribution in [1.82, 2.24) is 0 Å². The molecule has 0 amide bonds. The van der Waals surface area contributed by atoms with Crippen molar-refractivity contribution in [3.8, 4) is 0 Å². The van der Waals surface area contributed by atoms with E-state index in [1.54, 1.807) is 11.8 Å². The molecule has 0 spiro atoms. The topological polar surface area (TPSA) is 0 Å². The van der Waals surface area contributed by atoms with E-state index in [-0.39, 0.29) is 12.8 Å². The Balaban J connectivity index is 1.68. The van der Waals surface area contributed by atoms with Gasteiger partial charge in [-0.25, -0.2) is 8.78 Å². The van der Waals surface area contributed by atoms with E-state index in [9.17, 15) is 8.78 Å². The predicted octanol–water partition coefficient (Wildman–Crippen LogP) is 8.27. The fourth-order valence-corrected chi connectivity index (χ4v) is 4.96. The fraction of sp³-hybridized carbons (Fsp3) is 0.360. The van der Waals surface area contributed by atoms with Gasteiger partial charge in [-0.3, -0.25) is 0 Å². The molecule has 154 valence electrons. The maximum Gasteiger partial charge on any atom is 0.248 e. The summed E-state index contributed by atoms with van der Waals surface area (Å²) in [5.74, 6) is -2.54. The molecule has 4 heteroatoms. The Hall–Kier alpha value is -1.14. The molecule has 0 radical (unpaired) electrons. The first-order chi connectivity index (χ1) is 13.6. The molecule has 1 aliphatic carbocycles. The second kappa shape index (κ2) is 9.34. The molecule has 0 atom stereocenters. The number of rotatable bonds is 5. The highest BCUT2D eigenvalue weighted by atomic mass is 127. The average molecular weight is 524 g/mol. The molecule has 2 aromatic carbocycles. The largest absolute Gasteiger partial charge is 0.248 e. The summed E-state index contributed by atoms with van der Waals surface area (Å²) in [6, 6.07) is 10.6. The Morgan fingerprint density at radius 3 is 2.52 bits per heavy atom. The summed E-state index contributed by atoms with van der Waals surface area (Å²) < 4.78 is 28.7. The lowest BCUT2D eigenvalue weighted by Crippen LogP contribution is -2.15. The van der Waals surface area contributed by atoms with Crippen LogP contribution in [0.25, 0.3) is 4.91 Å². The van der Waals surface area contributed by atoms with E-state index in [1.807, 2.05) is 12.1 Å². The molecule has 0 bridgehead atoms. The highest BCUT2D eigenvalue weighted by Crippen LogP contribution is 2.35. The summed E-state index contributed by atoms with van der Waals surface area (Å²) >= 11 is 4.00. The summed E-state index contributed by atoms with van der Waals surface area (Å²) in [5, 5.41) is 2.16. The van der Waals surface area contributed by atoms with Gasteiger partial charge in [-0.15, -0.1) is 0 Å². The molecule has 0 saturated carbocycles. The minimum absolute atomic E-state index is 0.0472. The zero-order chi connectivity index (χ0) is 21.2. The first kappa shape index (κ1) is 22.5. The zero-order valence-electron chi connectivity index (χ0n) is 17.2. The molecule has 29 heavy (non-hydrogen) atoms. The SMILES string of the molecule is C=C(S/C=C(\C)Cc1cc(C)c(I)cc1C)c1ccc2c(c1)CCC(F)(F)CC2. The van der Waals surface area contributed by atoms with E-state index >= 15 is 0 Å². The molecular formula is C25H27F2IS. The Morgan fingerprint density at radius 1 is 1.10 bits per heavy atom. The van der Waals surface area contributed by atoms with Crippen molar-refractivity contribution < 1.29 is 8.78 Å². The van der Waals surface area contributed by atoms with E-state index < -0.39 is 5.92 Å². The van der Waals surface area contributed by atoms with Gasteiger partial charge in [0.15, 0.2) is 0 Å². The molecular weight excluding hydrogens is 497 g/mol. The number of hydrogen-bond donors (Lipinski definition) is 0. The maximum atomic E-state index is 13.7. The van der Waals surface area contributed by atoms with Crippen molar-refractivity contribution in [3.05, 3.63) is 84.8 Å². The molecule has 0 saturated heterocycles. The fourth-order valence-electron chi connectivity index (χ4n) is 3.65. The van der Waals surface area contributed by atoms with Gasteiger partial charge in [0.2, 0.25) is 5.92 Å². The van der Waals surface area contributed by atoms with Gasteiger partial charge in [0.1, 0.15) is 0 Å². The average Bonchev–Trinajstić information content (AvgIpc) is 2.82. The van der Waals surface area contributed by atoms with Crippen LogP contribution in [0.1, 0.15) is 53.1 Å². The highest BCUT2D eigenvalue weighted by molar-refractivity contribution is 14.1. The Kier molecular flexibility index (Phi) is 7.26. The number of alkyl halides is 2. The molecule has 0 unspecified atom stereocenters. The van der Waals surface area contributed by atoms with Crippen LogP contribution in [-0.2, 0) is 19.3 Å². The number of allylic oxidation sites excluding steroid dienone is 1. The molecule has 1 aliphatic rings. The Bertz CT molecular complexity index is 960. The van der Waals surface area contributed by atoms with E-state index in [1.165, 1.54) is 25.8 Å². The van der Waals surface area contributed by atoms with Crippen molar-refractivity contribution in [2.45, 2.75) is 58.8 Å². The number of benzene rings is 2. The van der Waals surface area contributed by atoms with Gasteiger partial charge in [-0.05, 0) is 107 Å². The van der Waals surface area contributed by atoms with E-state index in [4.69, 9.17) is 0 Å². The molecule has 2 aromatic rings. The number of halogens is 3. The lowest BCUT2D eigenvalue weighted by Gasteiger charge is -2.11. The Morgan fingerprint density at radius 2 is 1.79 bits per heavy atom. The number of fused-ring (bicyclic) bond motifs is 1. The monoisotopic (exact) mass is 524 g/mol. The predicted molar refractivity (Wildman–Crippen MR) is 131 cm³/mol. The minimum atomic E-state index is -2.54. The molecule has 0 nitrogen and oxygen atoms in total. The maximum absolute atomic E-state index is 13.7. The molecule has 0 N–H and O–H groups in total. The third-order valence-electron chi connectivity index (χ3n) is 5.54. The van der Waals surface area contributed by atoms with Gasteiger partial charge in [0.25, 0.3) is 0 Å². The summed E-state index contributed by atoms with van der Waals surface area (Å²) in [6.07, 6.45) is 1.71. The summed E-state index contributed by atoms with van der Waals surface area (Å²) in [6.45, 7) is 10.7. The molecule has 0 aliphatic heterocycles. The van der Waals surface area contributed by atoms with Crippen LogP contribution >= 0.6 is 34.4 Å². The van der Waals surface area contributed by atoms with Crippen LogP contribution in [0.3, 0.4) is 0 Å². The molecule has 0 fully saturated rings. The van der Waals surface area contributed by atoms with Gasteiger partial charge in [-0.2, -0.15) is 0 Å². The normalized spacial score (nSPS) is 16.3. The first-order valence-corrected chi connectivity index (χ1v) is 11.9. The van der Waals surface area contributed by atoms with Crippen LogP contribution in [0.4, 0.5) is 8.78 Å². The van der Waals surface area contributed by atoms with Crippen molar-refractivity contribution in [3.63, 3.8) is 0 Å². The number of thioether (sulfide) groups is 1. The third kappa shape index (κ3) is 5.94. The minimum Gasteiger partial charge on any atom is -0.207 e. The smallest absolute Gasteiger partial charge is 0.207 e. The van der Waals surface area contributed by atoms with Gasteiger partial charge in [0.05, 0.1) is 0 Å². The Labute approximate surface area is 191 Å². The van der Waals surface area contributed by atoms with Crippen LogP contribution in [0.15, 0.2) is 47.9 Å². The van der Waals surface area contributed by atoms with Crippen LogP contribution in [-0.4, -0.2) is 5.92 Å². The second-order valence-electron chi connectivity index (χ2n) is 8.05. The third-order valence-corrected chi connectivity index (χ3v) is 7.74. The van der Waals surface area contributed by atoms with Crippen molar-refractivity contribution in [2.75, 3.05) is 0 Å². The summed E-state index contributed by atoms with van der Waals surface area (Å²) in [5.41, 5.74) is 8.41. The van der Waals surface area contributed by atoms with Gasteiger partial charge in [0, 0.05) is 21.3 Å². The summed E-state index contributed by atoms with van der Waals surface area (Å²) in [4.78, 5) is 0.957. The van der Waals surface area contributed by atoms with Crippen LogP contribution in [0.2, 0.25) is 0 Å². The van der Waals surface area contributed by atoms with E-state index in [0.29, 0.717) is 12.8 Å². The van der Waals surface area contributed by atoms with Crippen LogP contribution in [0.5, 0.6) is 0 Å². The van der Waals surface area contributed by atoms with Crippen molar-refractivity contribution >= 4 is 39.3 Å². The number of hydrogen-bond acceptors (Lipinski definition) is 1. The lowest BCUT2D eigenvalue weighted by atomic mass is 10.00. The van der Waals surface area contributed by atoms with Crippen LogP contribution < -0.4 is 0 Å². The second-order valence-corrected chi connectivity index (χ2v) is 10.2. The van der Waals surface area contributed by atoms with E-state index in [0.717, 1.165) is 28.0 Å². The number of aryl methyl sites for hydroxylation is 4. The van der Waals surface area contributed by atoms with Gasteiger partial charge in [-0.1, -0.05) is 48.2 Å². The quantitative estimate of drug-likeness (QED) is 0.280. The molecule has 0 heterocycles. The first-order valence-electron chi connectivity index (χ1n) is 9.91. The van der Waals surface area contributed by atoms with Crippen molar-refractivity contribution in [1.29, 1.82) is 0 Å². The van der Waals surface area contributed by atoms with Crippen molar-refractivity contribution in [2.24, 2.45) is 0 Å². The summed E-state index contributed by atoms with van der Waals surface area (Å²) in [7, 11) is 0. The lowest BCUT2D eigenvalue weighted by molar-refractivity contribution is -0.0130. The van der Waals surface area contributed by atoms with Gasteiger partial charge >= 0.3 is 0 Å². The van der Waals surface area contributed by atoms with Crippen LogP contribution in [0, 0.1) is 17.4 Å². The van der Waals surface area contributed by atoms with E-state index in [2.05, 4.69) is 73.5 Å². The van der Waals surface area contributed by atoms with Gasteiger partial charge < -0.3 is 0 Å². The molecule has 0 aromatic heterocycles. The standard InChI is InChI=1S/C25H27F2IS/c1-16(11-23-12-18(3)24(28)13-17(23)2)15-29-19(4)21-6-5-20-7-9-25(26,27)10-8-22(20)14-21/h5-6,12-15H,4,7-11H2,1-3H3/b16-15+. The zero-order valence-corrected chi connectivity index (χ0v) is 20.2. The highest BCUT2D eigenvalue weighted by Gasteiger charge is 2.31. The molecule has 3 rings (SSSR count).